The van der Waals surface area contributed by atoms with E-state index in [1.807, 2.05) is 41.8 Å². The number of aryl methyl sites for hydroxylation is 2. The summed E-state index contributed by atoms with van der Waals surface area (Å²) in [6, 6.07) is 14.6. The van der Waals surface area contributed by atoms with Crippen LogP contribution in [-0.2, 0) is 19.5 Å². The fourth-order valence-corrected chi connectivity index (χ4v) is 6.24. The van der Waals surface area contributed by atoms with Gasteiger partial charge in [-0.2, -0.15) is 4.57 Å². The molecule has 6 heteroatoms. The fourth-order valence-electron chi connectivity index (χ4n) is 5.19. The predicted molar refractivity (Wildman–Crippen MR) is 143 cm³/mol. The van der Waals surface area contributed by atoms with Crippen LogP contribution in [0.2, 0.25) is 0 Å². The molecule has 0 atom stereocenters. The molecule has 2 aliphatic heterocycles. The number of para-hydroxylation sites is 3. The Morgan fingerprint density at radius 3 is 2.83 bits per heavy atom. The van der Waals surface area contributed by atoms with Gasteiger partial charge in [-0.05, 0) is 62.1 Å². The molecule has 4 heterocycles. The number of anilines is 1. The maximum atomic E-state index is 13.2. The zero-order chi connectivity index (χ0) is 23.9. The number of nitrogens with zero attached hydrogens (tertiary/aromatic N) is 3. The molecule has 2 aromatic carbocycles. The first kappa shape index (κ1) is 21.9. The maximum absolute atomic E-state index is 13.2. The molecule has 0 fully saturated rings. The molecular weight excluding hydrogens is 454 g/mol. The van der Waals surface area contributed by atoms with Crippen LogP contribution < -0.4 is 24.2 Å². The van der Waals surface area contributed by atoms with Crippen LogP contribution in [0.3, 0.4) is 0 Å². The van der Waals surface area contributed by atoms with Crippen molar-refractivity contribution in [2.45, 2.75) is 39.8 Å². The van der Waals surface area contributed by atoms with Crippen molar-refractivity contribution in [2.75, 3.05) is 11.4 Å². The van der Waals surface area contributed by atoms with Crippen LogP contribution in [0.4, 0.5) is 5.69 Å². The van der Waals surface area contributed by atoms with Crippen molar-refractivity contribution < 1.29 is 8.98 Å². The Kier molecular flexibility index (Phi) is 5.53. The highest BCUT2D eigenvalue weighted by Crippen LogP contribution is 2.37. The van der Waals surface area contributed by atoms with Gasteiger partial charge in [-0.25, -0.2) is 0 Å². The van der Waals surface area contributed by atoms with Gasteiger partial charge in [-0.15, -0.1) is 11.3 Å². The summed E-state index contributed by atoms with van der Waals surface area (Å²) in [7, 11) is 0. The van der Waals surface area contributed by atoms with Gasteiger partial charge in [0.1, 0.15) is 11.2 Å². The van der Waals surface area contributed by atoms with E-state index in [1.165, 1.54) is 28.2 Å². The number of aromatic nitrogens is 2. The van der Waals surface area contributed by atoms with Crippen molar-refractivity contribution >= 4 is 46.4 Å². The Labute approximate surface area is 207 Å². The molecule has 0 unspecified atom stereocenters. The summed E-state index contributed by atoms with van der Waals surface area (Å²) in [6.45, 7) is 6.52. The fraction of sp³-hybridized carbons (Fsp3) is 0.241. The minimum Gasteiger partial charge on any atom is -0.398 e. The van der Waals surface area contributed by atoms with Crippen LogP contribution in [0.1, 0.15) is 37.3 Å². The SMILES string of the molecule is CCn1c(=Cc2oc3ccccc3[n+]2CC)sc(=CC=C2C=Cc3cccc4c3N2CCC4)c1=O. The number of allylic oxidation sites excluding steroid dienone is 2. The van der Waals surface area contributed by atoms with E-state index in [9.17, 15) is 4.79 Å². The lowest BCUT2D eigenvalue weighted by atomic mass is 9.94. The van der Waals surface area contributed by atoms with Gasteiger partial charge in [-0.1, -0.05) is 36.4 Å². The average Bonchev–Trinajstić information content (AvgIpc) is 3.39. The van der Waals surface area contributed by atoms with E-state index in [4.69, 9.17) is 4.42 Å². The van der Waals surface area contributed by atoms with Crippen molar-refractivity contribution in [3.05, 3.63) is 96.9 Å². The number of thiazole rings is 1. The summed E-state index contributed by atoms with van der Waals surface area (Å²) in [4.78, 5) is 15.6. The van der Waals surface area contributed by atoms with Gasteiger partial charge >= 0.3 is 5.89 Å². The van der Waals surface area contributed by atoms with E-state index in [2.05, 4.69) is 58.9 Å². The first-order chi connectivity index (χ1) is 17.2. The Morgan fingerprint density at radius 1 is 1.09 bits per heavy atom. The number of hydrogen-bond donors (Lipinski definition) is 0. The second-order valence-corrected chi connectivity index (χ2v) is 9.91. The lowest BCUT2D eigenvalue weighted by Gasteiger charge is -2.35. The quantitative estimate of drug-likeness (QED) is 0.414. The summed E-state index contributed by atoms with van der Waals surface area (Å²) in [5, 5.41) is 0. The van der Waals surface area contributed by atoms with Crippen LogP contribution in [0, 0.1) is 0 Å². The van der Waals surface area contributed by atoms with Crippen molar-refractivity contribution in [3.63, 3.8) is 0 Å². The Morgan fingerprint density at radius 2 is 1.97 bits per heavy atom. The predicted octanol–water partition coefficient (Wildman–Crippen LogP) is 3.96. The molecular formula is C29H28N3O2S+. The molecule has 35 heavy (non-hydrogen) atoms. The minimum atomic E-state index is 0.0410. The first-order valence-corrected chi connectivity index (χ1v) is 13.1. The number of hydrogen-bond acceptors (Lipinski definition) is 4. The Hall–Kier alpha value is -3.64. The Bertz CT molecular complexity index is 1680. The number of rotatable bonds is 4. The van der Waals surface area contributed by atoms with Crippen LogP contribution in [0.15, 0.2) is 69.5 Å². The first-order valence-electron chi connectivity index (χ1n) is 12.3. The zero-order valence-corrected chi connectivity index (χ0v) is 20.8. The summed E-state index contributed by atoms with van der Waals surface area (Å²) in [5.41, 5.74) is 7.08. The number of fused-ring (bicyclic) bond motifs is 1. The lowest BCUT2D eigenvalue weighted by Crippen LogP contribution is -2.35. The third-order valence-electron chi connectivity index (χ3n) is 6.85. The van der Waals surface area contributed by atoms with E-state index < -0.39 is 0 Å². The van der Waals surface area contributed by atoms with Crippen molar-refractivity contribution in [1.82, 2.24) is 4.57 Å². The molecule has 0 bridgehead atoms. The molecule has 5 nitrogen and oxygen atoms in total. The summed E-state index contributed by atoms with van der Waals surface area (Å²) >= 11 is 1.51. The van der Waals surface area contributed by atoms with Crippen molar-refractivity contribution in [3.8, 4) is 0 Å². The third kappa shape index (κ3) is 3.69. The molecule has 0 N–H and O–H groups in total. The molecule has 4 aromatic rings. The van der Waals surface area contributed by atoms with Gasteiger partial charge in [0.25, 0.3) is 11.1 Å². The normalized spacial score (nSPS) is 17.1. The maximum Gasteiger partial charge on any atom is 0.377 e. The average molecular weight is 483 g/mol. The van der Waals surface area contributed by atoms with Gasteiger partial charge in [0.15, 0.2) is 0 Å². The molecule has 0 spiro atoms. The minimum absolute atomic E-state index is 0.0410. The number of oxazole rings is 1. The summed E-state index contributed by atoms with van der Waals surface area (Å²) < 4.78 is 11.7. The second kappa shape index (κ2) is 8.86. The van der Waals surface area contributed by atoms with E-state index in [0.717, 1.165) is 57.8 Å². The van der Waals surface area contributed by atoms with Gasteiger partial charge in [0.05, 0.1) is 16.3 Å². The molecule has 0 saturated heterocycles. The van der Waals surface area contributed by atoms with E-state index >= 15 is 0 Å². The standard InChI is InChI=1S/C29H28N3O2S/c1-3-30-23-12-5-6-13-24(23)34-26(30)19-27-31(4-2)29(33)25(35-27)17-16-22-15-14-21-10-7-9-20-11-8-18-32(22)28(20)21/h5-7,9-10,12-17,19H,3-4,8,11,18H2,1-2H3/q+1. The van der Waals surface area contributed by atoms with Gasteiger partial charge in [0.2, 0.25) is 5.58 Å². The Balaban J connectivity index is 1.45. The van der Waals surface area contributed by atoms with Crippen LogP contribution >= 0.6 is 11.3 Å². The van der Waals surface area contributed by atoms with Gasteiger partial charge in [0, 0.05) is 24.9 Å². The smallest absolute Gasteiger partial charge is 0.377 e. The molecule has 176 valence electrons. The van der Waals surface area contributed by atoms with E-state index in [-0.39, 0.29) is 5.56 Å². The van der Waals surface area contributed by atoms with E-state index in [1.54, 1.807) is 0 Å². The van der Waals surface area contributed by atoms with Crippen molar-refractivity contribution in [1.29, 1.82) is 0 Å². The third-order valence-corrected chi connectivity index (χ3v) is 7.93. The monoisotopic (exact) mass is 482 g/mol. The molecule has 2 aliphatic rings. The highest BCUT2D eigenvalue weighted by molar-refractivity contribution is 7.07. The second-order valence-electron chi connectivity index (χ2n) is 8.85. The molecule has 0 aliphatic carbocycles. The van der Waals surface area contributed by atoms with Crippen LogP contribution in [-0.4, -0.2) is 11.1 Å². The molecule has 2 aromatic heterocycles. The van der Waals surface area contributed by atoms with Crippen LogP contribution in [0.25, 0.3) is 29.3 Å². The van der Waals surface area contributed by atoms with Gasteiger partial charge in [-0.3, -0.25) is 9.36 Å². The molecule has 0 amide bonds. The highest BCUT2D eigenvalue weighted by Gasteiger charge is 2.23. The molecule has 0 radical (unpaired) electrons. The van der Waals surface area contributed by atoms with E-state index in [0.29, 0.717) is 6.54 Å². The zero-order valence-electron chi connectivity index (χ0n) is 20.0. The number of benzene rings is 2. The lowest BCUT2D eigenvalue weighted by molar-refractivity contribution is -0.674. The topological polar surface area (TPSA) is 42.3 Å². The van der Waals surface area contributed by atoms with Crippen molar-refractivity contribution in [2.24, 2.45) is 0 Å². The summed E-state index contributed by atoms with van der Waals surface area (Å²) in [5.74, 6) is 0.759. The summed E-state index contributed by atoms with van der Waals surface area (Å²) in [6.07, 6.45) is 12.7. The van der Waals surface area contributed by atoms with Crippen LogP contribution in [0.5, 0.6) is 0 Å². The highest BCUT2D eigenvalue weighted by atomic mass is 32.1. The largest absolute Gasteiger partial charge is 0.398 e. The molecule has 0 saturated carbocycles. The van der Waals surface area contributed by atoms with Gasteiger partial charge < -0.3 is 9.32 Å². The molecule has 6 rings (SSSR count).